The number of carbonyl (C=O) groups excluding carboxylic acids is 1. The highest BCUT2D eigenvalue weighted by molar-refractivity contribution is 7.07. The molecule has 1 amide bonds. The van der Waals surface area contributed by atoms with E-state index in [1.165, 1.54) is 24.2 Å². The van der Waals surface area contributed by atoms with Crippen LogP contribution in [0.2, 0.25) is 0 Å². The van der Waals surface area contributed by atoms with E-state index in [2.05, 4.69) is 9.88 Å². The fraction of sp³-hybridized carbons (Fsp3) is 0.765. The second-order valence-corrected chi connectivity index (χ2v) is 7.79. The van der Waals surface area contributed by atoms with Crippen molar-refractivity contribution in [1.82, 2.24) is 14.8 Å². The maximum absolute atomic E-state index is 12.6. The van der Waals surface area contributed by atoms with Crippen molar-refractivity contribution in [1.29, 1.82) is 0 Å². The molecule has 6 nitrogen and oxygen atoms in total. The molecule has 3 aliphatic rings. The average molecular weight is 351 g/mol. The monoisotopic (exact) mass is 351 g/mol. The van der Waals surface area contributed by atoms with E-state index in [-0.39, 0.29) is 12.0 Å². The largest absolute Gasteiger partial charge is 0.381 e. The predicted molar refractivity (Wildman–Crippen MR) is 91.2 cm³/mol. The van der Waals surface area contributed by atoms with Crippen LogP contribution in [-0.4, -0.2) is 79.3 Å². The van der Waals surface area contributed by atoms with Crippen molar-refractivity contribution < 1.29 is 14.3 Å². The number of nitrogens with zero attached hydrogens (tertiary/aromatic N) is 3. The minimum absolute atomic E-state index is 0.0448. The van der Waals surface area contributed by atoms with E-state index in [1.807, 2.05) is 10.3 Å². The Morgan fingerprint density at radius 1 is 1.25 bits per heavy atom. The van der Waals surface area contributed by atoms with Crippen molar-refractivity contribution in [2.24, 2.45) is 11.8 Å². The second kappa shape index (κ2) is 7.47. The summed E-state index contributed by atoms with van der Waals surface area (Å²) < 4.78 is 11.5. The Morgan fingerprint density at radius 3 is 2.92 bits per heavy atom. The van der Waals surface area contributed by atoms with Gasteiger partial charge in [-0.2, -0.15) is 0 Å². The van der Waals surface area contributed by atoms with E-state index < -0.39 is 0 Å². The number of hydrogen-bond donors (Lipinski definition) is 0. The van der Waals surface area contributed by atoms with Crippen LogP contribution in [0.3, 0.4) is 0 Å². The third-order valence-electron chi connectivity index (χ3n) is 5.40. The SMILES string of the molecule is O=C(c1cscn1)N1CCO[C@@H]2CN(CC3CCOCC3)C[C@@H]2C1. The first-order valence-electron chi connectivity index (χ1n) is 8.89. The number of thiazole rings is 1. The highest BCUT2D eigenvalue weighted by Crippen LogP contribution is 2.27. The minimum atomic E-state index is 0.0448. The number of carbonyl (C=O) groups is 1. The zero-order valence-corrected chi connectivity index (χ0v) is 14.7. The van der Waals surface area contributed by atoms with Gasteiger partial charge in [-0.05, 0) is 18.8 Å². The Kier molecular flexibility index (Phi) is 5.12. The van der Waals surface area contributed by atoms with Crippen LogP contribution >= 0.6 is 11.3 Å². The summed E-state index contributed by atoms with van der Waals surface area (Å²) in [4.78, 5) is 21.2. The maximum atomic E-state index is 12.6. The van der Waals surface area contributed by atoms with E-state index in [1.54, 1.807) is 5.51 Å². The lowest BCUT2D eigenvalue weighted by atomic mass is 10.00. The van der Waals surface area contributed by atoms with E-state index in [0.29, 0.717) is 24.8 Å². The normalized spacial score (nSPS) is 29.4. The van der Waals surface area contributed by atoms with E-state index in [0.717, 1.165) is 45.3 Å². The van der Waals surface area contributed by atoms with Crippen LogP contribution in [0.25, 0.3) is 0 Å². The molecule has 0 aliphatic carbocycles. The zero-order valence-electron chi connectivity index (χ0n) is 13.9. The van der Waals surface area contributed by atoms with Gasteiger partial charge in [-0.3, -0.25) is 4.79 Å². The van der Waals surface area contributed by atoms with Gasteiger partial charge in [0.25, 0.3) is 5.91 Å². The summed E-state index contributed by atoms with van der Waals surface area (Å²) in [6, 6.07) is 0. The lowest BCUT2D eigenvalue weighted by Crippen LogP contribution is -2.38. The molecule has 7 heteroatoms. The Labute approximate surface area is 146 Å². The van der Waals surface area contributed by atoms with Gasteiger partial charge < -0.3 is 19.3 Å². The summed E-state index contributed by atoms with van der Waals surface area (Å²) in [6.45, 7) is 7.05. The first-order chi connectivity index (χ1) is 11.8. The first-order valence-corrected chi connectivity index (χ1v) is 9.83. The Hall–Kier alpha value is -1.02. The van der Waals surface area contributed by atoms with E-state index >= 15 is 0 Å². The van der Waals surface area contributed by atoms with Crippen molar-refractivity contribution >= 4 is 17.2 Å². The van der Waals surface area contributed by atoms with Crippen LogP contribution in [0.1, 0.15) is 23.3 Å². The third kappa shape index (κ3) is 3.64. The molecule has 3 aliphatic heterocycles. The van der Waals surface area contributed by atoms with Crippen molar-refractivity contribution in [3.8, 4) is 0 Å². The fourth-order valence-electron chi connectivity index (χ4n) is 4.09. The molecule has 3 fully saturated rings. The average Bonchev–Trinajstić information content (AvgIpc) is 3.21. The summed E-state index contributed by atoms with van der Waals surface area (Å²) in [6.07, 6.45) is 2.60. The number of fused-ring (bicyclic) bond motifs is 1. The van der Waals surface area contributed by atoms with Gasteiger partial charge in [0, 0.05) is 57.2 Å². The molecular formula is C17H25N3O3S. The number of aromatic nitrogens is 1. The molecule has 1 aromatic heterocycles. The standard InChI is InChI=1S/C17H25N3O3S/c21-17(15-11-24-12-18-15)20-3-6-23-16-10-19(8-14(16)9-20)7-13-1-4-22-5-2-13/h11-14,16H,1-10H2/t14-,16-/m1/s1. The topological polar surface area (TPSA) is 54.9 Å². The predicted octanol–water partition coefficient (Wildman–Crippen LogP) is 1.34. The molecule has 2 atom stereocenters. The van der Waals surface area contributed by atoms with Gasteiger partial charge >= 0.3 is 0 Å². The van der Waals surface area contributed by atoms with Crippen LogP contribution in [-0.2, 0) is 9.47 Å². The van der Waals surface area contributed by atoms with E-state index in [4.69, 9.17) is 9.47 Å². The van der Waals surface area contributed by atoms with Gasteiger partial charge in [-0.25, -0.2) is 4.98 Å². The highest BCUT2D eigenvalue weighted by Gasteiger charge is 2.38. The highest BCUT2D eigenvalue weighted by atomic mass is 32.1. The van der Waals surface area contributed by atoms with Gasteiger partial charge in [0.1, 0.15) is 5.69 Å². The Morgan fingerprint density at radius 2 is 2.12 bits per heavy atom. The smallest absolute Gasteiger partial charge is 0.273 e. The summed E-state index contributed by atoms with van der Waals surface area (Å²) in [7, 11) is 0. The molecule has 1 aromatic rings. The van der Waals surface area contributed by atoms with Gasteiger partial charge in [0.15, 0.2) is 0 Å². The molecule has 0 unspecified atom stereocenters. The number of ether oxygens (including phenoxy) is 2. The summed E-state index contributed by atoms with van der Waals surface area (Å²) in [5, 5.41) is 1.83. The van der Waals surface area contributed by atoms with Crippen LogP contribution in [0.5, 0.6) is 0 Å². The zero-order chi connectivity index (χ0) is 16.4. The lowest BCUT2D eigenvalue weighted by molar-refractivity contribution is 0.0404. The number of likely N-dealkylation sites (tertiary alicyclic amines) is 1. The van der Waals surface area contributed by atoms with Gasteiger partial charge in [0.05, 0.1) is 18.2 Å². The molecule has 0 saturated carbocycles. The molecule has 0 N–H and O–H groups in total. The Bertz CT molecular complexity index is 547. The van der Waals surface area contributed by atoms with Crippen molar-refractivity contribution in [2.45, 2.75) is 18.9 Å². The first kappa shape index (κ1) is 16.4. The van der Waals surface area contributed by atoms with Gasteiger partial charge in [-0.1, -0.05) is 0 Å². The van der Waals surface area contributed by atoms with Crippen molar-refractivity contribution in [2.75, 3.05) is 52.5 Å². The molecule has 0 aromatic carbocycles. The van der Waals surface area contributed by atoms with Crippen LogP contribution < -0.4 is 0 Å². The van der Waals surface area contributed by atoms with Crippen LogP contribution in [0, 0.1) is 11.8 Å². The minimum Gasteiger partial charge on any atom is -0.381 e. The second-order valence-electron chi connectivity index (χ2n) is 7.07. The van der Waals surface area contributed by atoms with Crippen molar-refractivity contribution in [3.05, 3.63) is 16.6 Å². The van der Waals surface area contributed by atoms with Crippen LogP contribution in [0.4, 0.5) is 0 Å². The molecule has 0 radical (unpaired) electrons. The number of amides is 1. The molecule has 4 heterocycles. The van der Waals surface area contributed by atoms with Crippen LogP contribution in [0.15, 0.2) is 10.9 Å². The van der Waals surface area contributed by atoms with Gasteiger partial charge in [0.2, 0.25) is 0 Å². The van der Waals surface area contributed by atoms with Crippen molar-refractivity contribution in [3.63, 3.8) is 0 Å². The molecule has 132 valence electrons. The summed E-state index contributed by atoms with van der Waals surface area (Å²) in [5.74, 6) is 1.20. The Balaban J connectivity index is 1.35. The third-order valence-corrected chi connectivity index (χ3v) is 5.99. The molecule has 24 heavy (non-hydrogen) atoms. The summed E-state index contributed by atoms with van der Waals surface area (Å²) >= 11 is 1.47. The van der Waals surface area contributed by atoms with E-state index in [9.17, 15) is 4.79 Å². The van der Waals surface area contributed by atoms with Gasteiger partial charge in [-0.15, -0.1) is 11.3 Å². The quantitative estimate of drug-likeness (QED) is 0.823. The lowest BCUT2D eigenvalue weighted by Gasteiger charge is -2.27. The molecular weight excluding hydrogens is 326 g/mol. The maximum Gasteiger partial charge on any atom is 0.273 e. The molecule has 0 bridgehead atoms. The molecule has 4 rings (SSSR count). The molecule has 3 saturated heterocycles. The number of rotatable bonds is 3. The summed E-state index contributed by atoms with van der Waals surface area (Å²) in [5.41, 5.74) is 2.28. The molecule has 0 spiro atoms. The fourth-order valence-corrected chi connectivity index (χ4v) is 4.61. The number of hydrogen-bond acceptors (Lipinski definition) is 6.